The van der Waals surface area contributed by atoms with E-state index in [2.05, 4.69) is 26.2 Å². The van der Waals surface area contributed by atoms with Crippen LogP contribution in [-0.4, -0.2) is 23.5 Å². The molecule has 0 spiro atoms. The van der Waals surface area contributed by atoms with Gasteiger partial charge in [0.2, 0.25) is 0 Å². The highest BCUT2D eigenvalue weighted by atomic mass is 79.9. The summed E-state index contributed by atoms with van der Waals surface area (Å²) in [5.41, 5.74) is 5.53. The number of nitrogens with two attached hydrogens (primary N) is 1. The van der Waals surface area contributed by atoms with Crippen LogP contribution in [0.3, 0.4) is 0 Å². The molecule has 2 rings (SSSR count). The quantitative estimate of drug-likeness (QED) is 0.799. The molecule has 0 radical (unpaired) electrons. The maximum Gasteiger partial charge on any atom is 0.267 e. The van der Waals surface area contributed by atoms with E-state index in [4.69, 9.17) is 10.5 Å². The zero-order valence-corrected chi connectivity index (χ0v) is 10.3. The zero-order valence-electron chi connectivity index (χ0n) is 8.74. The minimum absolute atomic E-state index is 0.0307. The van der Waals surface area contributed by atoms with E-state index >= 15 is 0 Å². The average molecular weight is 286 g/mol. The summed E-state index contributed by atoms with van der Waals surface area (Å²) in [5, 5.41) is 2.71. The second-order valence-electron chi connectivity index (χ2n) is 3.72. The lowest BCUT2D eigenvalue weighted by Crippen LogP contribution is -2.44. The minimum atomic E-state index is -0.541. The predicted octanol–water partition coefficient (Wildman–Crippen LogP) is 1.14. The number of carbonyl (C=O) groups excluding carboxylic acids is 1. The number of ether oxygens (including phenoxy) is 1. The van der Waals surface area contributed by atoms with Gasteiger partial charge in [0.25, 0.3) is 5.91 Å². The van der Waals surface area contributed by atoms with Gasteiger partial charge in [-0.15, -0.1) is 0 Å². The highest BCUT2D eigenvalue weighted by Crippen LogP contribution is 2.30. The SMILES string of the molecule is CC(CN)C1Oc2ccc(Br)nc2NC1=O. The third-order valence-corrected chi connectivity index (χ3v) is 2.91. The molecule has 1 aromatic rings. The van der Waals surface area contributed by atoms with Crippen LogP contribution in [-0.2, 0) is 4.79 Å². The molecule has 0 bridgehead atoms. The van der Waals surface area contributed by atoms with Crippen LogP contribution in [0.15, 0.2) is 16.7 Å². The van der Waals surface area contributed by atoms with Crippen molar-refractivity contribution < 1.29 is 9.53 Å². The smallest absolute Gasteiger partial charge is 0.267 e. The van der Waals surface area contributed by atoms with Gasteiger partial charge in [-0.25, -0.2) is 4.98 Å². The van der Waals surface area contributed by atoms with Crippen LogP contribution in [0.1, 0.15) is 6.92 Å². The van der Waals surface area contributed by atoms with Crippen molar-refractivity contribution in [1.29, 1.82) is 0 Å². The van der Waals surface area contributed by atoms with Crippen LogP contribution in [0, 0.1) is 5.92 Å². The van der Waals surface area contributed by atoms with Gasteiger partial charge < -0.3 is 15.8 Å². The summed E-state index contributed by atoms with van der Waals surface area (Å²) >= 11 is 3.23. The average Bonchev–Trinajstić information content (AvgIpc) is 2.27. The lowest BCUT2D eigenvalue weighted by Gasteiger charge is -2.28. The van der Waals surface area contributed by atoms with E-state index in [1.54, 1.807) is 12.1 Å². The Morgan fingerprint density at radius 1 is 1.69 bits per heavy atom. The summed E-state index contributed by atoms with van der Waals surface area (Å²) in [6.07, 6.45) is -0.541. The largest absolute Gasteiger partial charge is 0.476 e. The molecule has 2 heterocycles. The second kappa shape index (κ2) is 4.39. The molecule has 86 valence electrons. The maximum atomic E-state index is 11.7. The first-order valence-electron chi connectivity index (χ1n) is 4.96. The van der Waals surface area contributed by atoms with Crippen molar-refractivity contribution in [3.8, 4) is 5.75 Å². The molecule has 5 nitrogen and oxygen atoms in total. The van der Waals surface area contributed by atoms with Crippen molar-refractivity contribution >= 4 is 27.7 Å². The molecule has 0 saturated heterocycles. The molecule has 1 aliphatic rings. The highest BCUT2D eigenvalue weighted by molar-refractivity contribution is 9.10. The number of aromatic nitrogens is 1. The number of carbonyl (C=O) groups is 1. The molecule has 2 atom stereocenters. The van der Waals surface area contributed by atoms with E-state index in [-0.39, 0.29) is 11.8 Å². The summed E-state index contributed by atoms with van der Waals surface area (Å²) in [6, 6.07) is 3.53. The Bertz CT molecular complexity index is 425. The number of hydrogen-bond acceptors (Lipinski definition) is 4. The first-order valence-corrected chi connectivity index (χ1v) is 5.75. The number of pyridine rings is 1. The van der Waals surface area contributed by atoms with Gasteiger partial charge in [-0.1, -0.05) is 6.92 Å². The Kier molecular flexibility index (Phi) is 3.11. The van der Waals surface area contributed by atoms with Crippen LogP contribution >= 0.6 is 15.9 Å². The minimum Gasteiger partial charge on any atom is -0.476 e. The van der Waals surface area contributed by atoms with E-state index in [0.717, 1.165) is 0 Å². The fourth-order valence-corrected chi connectivity index (χ4v) is 1.79. The number of hydrogen-bond donors (Lipinski definition) is 2. The van der Waals surface area contributed by atoms with Gasteiger partial charge in [0.1, 0.15) is 4.60 Å². The van der Waals surface area contributed by atoms with Gasteiger partial charge in [0.05, 0.1) is 0 Å². The van der Waals surface area contributed by atoms with Crippen molar-refractivity contribution in [3.05, 3.63) is 16.7 Å². The monoisotopic (exact) mass is 285 g/mol. The second-order valence-corrected chi connectivity index (χ2v) is 4.53. The molecule has 1 amide bonds. The van der Waals surface area contributed by atoms with Crippen molar-refractivity contribution in [2.75, 3.05) is 11.9 Å². The number of halogens is 1. The number of anilines is 1. The number of nitrogens with zero attached hydrogens (tertiary/aromatic N) is 1. The van der Waals surface area contributed by atoms with E-state index in [9.17, 15) is 4.79 Å². The molecule has 0 aliphatic carbocycles. The fraction of sp³-hybridized carbons (Fsp3) is 0.400. The topological polar surface area (TPSA) is 77.2 Å². The fourth-order valence-electron chi connectivity index (χ4n) is 1.48. The lowest BCUT2D eigenvalue weighted by atomic mass is 10.0. The molecule has 0 aromatic carbocycles. The molecule has 6 heteroatoms. The summed E-state index contributed by atoms with van der Waals surface area (Å²) in [7, 11) is 0. The third-order valence-electron chi connectivity index (χ3n) is 2.47. The summed E-state index contributed by atoms with van der Waals surface area (Å²) in [6.45, 7) is 2.28. The van der Waals surface area contributed by atoms with Gasteiger partial charge in [0.15, 0.2) is 17.7 Å². The number of rotatable bonds is 2. The Labute approximate surface area is 102 Å². The summed E-state index contributed by atoms with van der Waals surface area (Å²) < 4.78 is 6.23. The van der Waals surface area contributed by atoms with E-state index in [1.807, 2.05) is 6.92 Å². The van der Waals surface area contributed by atoms with Crippen molar-refractivity contribution in [2.24, 2.45) is 11.7 Å². The maximum absolute atomic E-state index is 11.7. The molecule has 1 aromatic heterocycles. The molecule has 1 aliphatic heterocycles. The van der Waals surface area contributed by atoms with Crippen LogP contribution in [0.25, 0.3) is 0 Å². The summed E-state index contributed by atoms with van der Waals surface area (Å²) in [4.78, 5) is 15.8. The van der Waals surface area contributed by atoms with Crippen LogP contribution in [0.2, 0.25) is 0 Å². The predicted molar refractivity (Wildman–Crippen MR) is 63.2 cm³/mol. The molecule has 16 heavy (non-hydrogen) atoms. The van der Waals surface area contributed by atoms with E-state index < -0.39 is 6.10 Å². The first kappa shape index (κ1) is 11.3. The lowest BCUT2D eigenvalue weighted by molar-refractivity contribution is -0.125. The molecular weight excluding hydrogens is 274 g/mol. The van der Waals surface area contributed by atoms with Gasteiger partial charge in [0, 0.05) is 5.92 Å². The molecule has 0 fully saturated rings. The van der Waals surface area contributed by atoms with Crippen molar-refractivity contribution in [3.63, 3.8) is 0 Å². The van der Waals surface area contributed by atoms with Gasteiger partial charge in [-0.05, 0) is 34.6 Å². The number of fused-ring (bicyclic) bond motifs is 1. The Balaban J connectivity index is 2.28. The van der Waals surface area contributed by atoms with E-state index in [0.29, 0.717) is 22.7 Å². The Morgan fingerprint density at radius 3 is 3.12 bits per heavy atom. The van der Waals surface area contributed by atoms with Crippen molar-refractivity contribution in [2.45, 2.75) is 13.0 Å². The Morgan fingerprint density at radius 2 is 2.44 bits per heavy atom. The third kappa shape index (κ3) is 2.03. The zero-order chi connectivity index (χ0) is 11.7. The molecular formula is C10H12BrN3O2. The van der Waals surface area contributed by atoms with E-state index in [1.165, 1.54) is 0 Å². The van der Waals surface area contributed by atoms with Crippen LogP contribution < -0.4 is 15.8 Å². The molecule has 3 N–H and O–H groups in total. The van der Waals surface area contributed by atoms with Gasteiger partial charge in [-0.2, -0.15) is 0 Å². The van der Waals surface area contributed by atoms with Crippen LogP contribution in [0.4, 0.5) is 5.82 Å². The van der Waals surface area contributed by atoms with Crippen molar-refractivity contribution in [1.82, 2.24) is 4.98 Å². The Hall–Kier alpha value is -1.14. The molecule has 0 saturated carbocycles. The van der Waals surface area contributed by atoms with Crippen LogP contribution in [0.5, 0.6) is 5.75 Å². The standard InChI is InChI=1S/C10H12BrN3O2/c1-5(4-12)8-10(15)14-9-6(16-8)2-3-7(11)13-9/h2-3,5,8H,4,12H2,1H3,(H,13,14,15). The number of amides is 1. The van der Waals surface area contributed by atoms with Gasteiger partial charge in [-0.3, -0.25) is 4.79 Å². The molecule has 2 unspecified atom stereocenters. The van der Waals surface area contributed by atoms with Gasteiger partial charge >= 0.3 is 0 Å². The first-order chi connectivity index (χ1) is 7.61. The summed E-state index contributed by atoms with van der Waals surface area (Å²) in [5.74, 6) is 0.792. The highest BCUT2D eigenvalue weighted by Gasteiger charge is 2.32. The normalized spacial score (nSPS) is 20.7. The number of nitrogens with one attached hydrogen (secondary N) is 1.